The van der Waals surface area contributed by atoms with Gasteiger partial charge in [-0.3, -0.25) is 9.59 Å². The van der Waals surface area contributed by atoms with E-state index in [1.807, 2.05) is 13.8 Å². The highest BCUT2D eigenvalue weighted by Gasteiger charge is 2.61. The Morgan fingerprint density at radius 3 is 2.63 bits per heavy atom. The number of aliphatic hydroxyl groups excluding tert-OH is 1. The molecule has 1 heterocycles. The highest BCUT2D eigenvalue weighted by atomic mass is 16.6. The maximum atomic E-state index is 12.0. The summed E-state index contributed by atoms with van der Waals surface area (Å²) >= 11 is 0. The molecule has 2 saturated carbocycles. The summed E-state index contributed by atoms with van der Waals surface area (Å²) in [6.07, 6.45) is 1.29. The quantitative estimate of drug-likeness (QED) is 0.676. The first-order valence-corrected chi connectivity index (χ1v) is 7.26. The molecule has 1 N–H and O–H groups in total. The third kappa shape index (κ3) is 1.69. The fourth-order valence-electron chi connectivity index (χ4n) is 4.77. The van der Waals surface area contributed by atoms with Crippen LogP contribution in [0.2, 0.25) is 0 Å². The third-order valence-electron chi connectivity index (χ3n) is 5.85. The minimum absolute atomic E-state index is 0.0658. The average Bonchev–Trinajstić information content (AvgIpc) is 2.61. The lowest BCUT2D eigenvalue weighted by atomic mass is 9.52. The van der Waals surface area contributed by atoms with Crippen LogP contribution in [-0.4, -0.2) is 29.1 Å². The first-order valence-electron chi connectivity index (χ1n) is 7.26. The van der Waals surface area contributed by atoms with Crippen LogP contribution in [0.4, 0.5) is 0 Å². The zero-order valence-electron chi connectivity index (χ0n) is 11.8. The number of fused-ring (bicyclic) bond motifs is 3. The number of ketones is 1. The van der Waals surface area contributed by atoms with Crippen LogP contribution in [0.1, 0.15) is 40.0 Å². The van der Waals surface area contributed by atoms with Crippen molar-refractivity contribution in [2.45, 2.75) is 52.2 Å². The lowest BCUT2D eigenvalue weighted by molar-refractivity contribution is -0.166. The number of esters is 1. The summed E-state index contributed by atoms with van der Waals surface area (Å²) < 4.78 is 5.55. The standard InChI is InChI=1S/C15H22O4/c1-7-9(16)4-5-15(3)6-10(17)11-8(2)14(18)19-13(11)12(7)15/h7-8,10-13,17H,4-6H2,1-3H3. The zero-order valence-corrected chi connectivity index (χ0v) is 11.8. The molecule has 7 atom stereocenters. The molecule has 4 nitrogen and oxygen atoms in total. The lowest BCUT2D eigenvalue weighted by Gasteiger charge is -2.53. The highest BCUT2D eigenvalue weighted by Crippen LogP contribution is 2.56. The molecule has 3 rings (SSSR count). The van der Waals surface area contributed by atoms with E-state index in [-0.39, 0.29) is 46.9 Å². The Morgan fingerprint density at radius 1 is 1.26 bits per heavy atom. The predicted octanol–water partition coefficient (Wildman–Crippen LogP) is 1.55. The van der Waals surface area contributed by atoms with Gasteiger partial charge in [-0.15, -0.1) is 0 Å². The average molecular weight is 266 g/mol. The topological polar surface area (TPSA) is 63.6 Å². The number of hydrogen-bond acceptors (Lipinski definition) is 4. The Bertz CT molecular complexity index is 432. The maximum absolute atomic E-state index is 12.0. The van der Waals surface area contributed by atoms with Gasteiger partial charge in [0, 0.05) is 24.2 Å². The van der Waals surface area contributed by atoms with E-state index in [1.165, 1.54) is 0 Å². The van der Waals surface area contributed by atoms with Gasteiger partial charge >= 0.3 is 5.97 Å². The van der Waals surface area contributed by atoms with E-state index in [9.17, 15) is 14.7 Å². The largest absolute Gasteiger partial charge is 0.461 e. The monoisotopic (exact) mass is 266 g/mol. The van der Waals surface area contributed by atoms with Crippen molar-refractivity contribution in [1.82, 2.24) is 0 Å². The van der Waals surface area contributed by atoms with Gasteiger partial charge in [0.1, 0.15) is 11.9 Å². The number of carbonyl (C=O) groups is 2. The van der Waals surface area contributed by atoms with E-state index in [4.69, 9.17) is 4.74 Å². The highest BCUT2D eigenvalue weighted by molar-refractivity contribution is 5.82. The molecular weight excluding hydrogens is 244 g/mol. The Balaban J connectivity index is 2.00. The van der Waals surface area contributed by atoms with E-state index >= 15 is 0 Å². The fourth-order valence-corrected chi connectivity index (χ4v) is 4.77. The molecule has 2 aliphatic carbocycles. The molecule has 0 radical (unpaired) electrons. The van der Waals surface area contributed by atoms with Crippen LogP contribution in [0, 0.1) is 29.1 Å². The molecule has 3 aliphatic rings. The minimum Gasteiger partial charge on any atom is -0.461 e. The fraction of sp³-hybridized carbons (Fsp3) is 0.867. The second-order valence-electron chi connectivity index (χ2n) is 6.97. The molecule has 0 aromatic rings. The minimum atomic E-state index is -0.492. The number of carbonyl (C=O) groups excluding carboxylic acids is 2. The smallest absolute Gasteiger partial charge is 0.309 e. The molecular formula is C15H22O4. The molecule has 0 amide bonds. The van der Waals surface area contributed by atoms with Crippen LogP contribution in [0.3, 0.4) is 0 Å². The van der Waals surface area contributed by atoms with Crippen LogP contribution < -0.4 is 0 Å². The van der Waals surface area contributed by atoms with Crippen LogP contribution in [0.25, 0.3) is 0 Å². The SMILES string of the molecule is CC1C(=O)OC2C1C(O)CC1(C)CCC(=O)C(C)C21. The Labute approximate surface area is 113 Å². The van der Waals surface area contributed by atoms with Gasteiger partial charge in [-0.05, 0) is 18.3 Å². The van der Waals surface area contributed by atoms with E-state index in [0.717, 1.165) is 6.42 Å². The Hall–Kier alpha value is -0.900. The van der Waals surface area contributed by atoms with Crippen molar-refractivity contribution in [3.63, 3.8) is 0 Å². The van der Waals surface area contributed by atoms with Gasteiger partial charge in [-0.1, -0.05) is 20.8 Å². The van der Waals surface area contributed by atoms with Crippen LogP contribution in [0.15, 0.2) is 0 Å². The molecule has 0 aromatic carbocycles. The summed E-state index contributed by atoms with van der Waals surface area (Å²) in [5.41, 5.74) is -0.0851. The molecule has 4 heteroatoms. The lowest BCUT2D eigenvalue weighted by Crippen LogP contribution is -2.56. The second kappa shape index (κ2) is 4.05. The van der Waals surface area contributed by atoms with Crippen LogP contribution >= 0.6 is 0 Å². The molecule has 7 unspecified atom stereocenters. The maximum Gasteiger partial charge on any atom is 0.309 e. The van der Waals surface area contributed by atoms with Crippen molar-refractivity contribution in [3.8, 4) is 0 Å². The van der Waals surface area contributed by atoms with Crippen molar-refractivity contribution < 1.29 is 19.4 Å². The third-order valence-corrected chi connectivity index (χ3v) is 5.85. The molecule has 0 spiro atoms. The Morgan fingerprint density at radius 2 is 1.95 bits per heavy atom. The first-order chi connectivity index (χ1) is 8.85. The van der Waals surface area contributed by atoms with Crippen molar-refractivity contribution in [1.29, 1.82) is 0 Å². The summed E-state index contributed by atoms with van der Waals surface area (Å²) in [6.45, 7) is 5.92. The number of Topliss-reactive ketones (excluding diaryl/α,β-unsaturated/α-hetero) is 1. The molecule has 19 heavy (non-hydrogen) atoms. The van der Waals surface area contributed by atoms with Crippen molar-refractivity contribution in [2.75, 3.05) is 0 Å². The summed E-state index contributed by atoms with van der Waals surface area (Å²) in [6, 6.07) is 0. The molecule has 0 bridgehead atoms. The van der Waals surface area contributed by atoms with Gasteiger partial charge in [-0.25, -0.2) is 0 Å². The van der Waals surface area contributed by atoms with Gasteiger partial charge in [0.05, 0.1) is 12.0 Å². The number of aliphatic hydroxyl groups is 1. The molecule has 106 valence electrons. The van der Waals surface area contributed by atoms with Gasteiger partial charge in [0.2, 0.25) is 0 Å². The van der Waals surface area contributed by atoms with Crippen molar-refractivity contribution >= 4 is 11.8 Å². The van der Waals surface area contributed by atoms with E-state index in [0.29, 0.717) is 12.8 Å². The number of ether oxygens (including phenoxy) is 1. The van der Waals surface area contributed by atoms with Crippen LogP contribution in [-0.2, 0) is 14.3 Å². The normalized spacial score (nSPS) is 53.5. The van der Waals surface area contributed by atoms with E-state index in [1.54, 1.807) is 0 Å². The predicted molar refractivity (Wildman–Crippen MR) is 68.2 cm³/mol. The van der Waals surface area contributed by atoms with E-state index in [2.05, 4.69) is 6.92 Å². The summed E-state index contributed by atoms with van der Waals surface area (Å²) in [5.74, 6) is -0.350. The van der Waals surface area contributed by atoms with Crippen LogP contribution in [0.5, 0.6) is 0 Å². The van der Waals surface area contributed by atoms with Crippen molar-refractivity contribution in [3.05, 3.63) is 0 Å². The Kier molecular flexibility index (Phi) is 2.79. The number of hydrogen-bond donors (Lipinski definition) is 1. The van der Waals surface area contributed by atoms with Crippen molar-refractivity contribution in [2.24, 2.45) is 29.1 Å². The summed E-state index contributed by atoms with van der Waals surface area (Å²) in [5, 5.41) is 10.4. The number of rotatable bonds is 0. The van der Waals surface area contributed by atoms with Gasteiger partial charge in [-0.2, -0.15) is 0 Å². The zero-order chi connectivity index (χ0) is 13.9. The molecule has 3 fully saturated rings. The molecule has 1 saturated heterocycles. The molecule has 0 aromatic heterocycles. The van der Waals surface area contributed by atoms with E-state index < -0.39 is 6.10 Å². The van der Waals surface area contributed by atoms with Gasteiger partial charge < -0.3 is 9.84 Å². The second-order valence-corrected chi connectivity index (χ2v) is 6.97. The van der Waals surface area contributed by atoms with Gasteiger partial charge in [0.25, 0.3) is 0 Å². The summed E-state index contributed by atoms with van der Waals surface area (Å²) in [7, 11) is 0. The summed E-state index contributed by atoms with van der Waals surface area (Å²) in [4.78, 5) is 23.9. The van der Waals surface area contributed by atoms with Gasteiger partial charge in [0.15, 0.2) is 0 Å². The molecule has 1 aliphatic heterocycles. The first kappa shape index (κ1) is 13.1.